The fraction of sp³-hybridized carbons (Fsp3) is 0.812. The summed E-state index contributed by atoms with van der Waals surface area (Å²) in [6.07, 6.45) is 6.23. The van der Waals surface area contributed by atoms with Gasteiger partial charge >= 0.3 is 6.09 Å². The van der Waals surface area contributed by atoms with E-state index in [1.54, 1.807) is 0 Å². The number of carbonyl (C=O) groups is 1. The predicted octanol–water partition coefficient (Wildman–Crippen LogP) is 3.09. The van der Waals surface area contributed by atoms with Crippen molar-refractivity contribution in [2.24, 2.45) is 11.8 Å². The zero-order valence-corrected chi connectivity index (χ0v) is 13.5. The summed E-state index contributed by atoms with van der Waals surface area (Å²) in [7, 11) is 0. The van der Waals surface area contributed by atoms with E-state index in [1.165, 1.54) is 12.8 Å². The topological polar surface area (TPSA) is 50.4 Å². The summed E-state index contributed by atoms with van der Waals surface area (Å²) in [6, 6.07) is 0.672. The number of ether oxygens (including phenoxy) is 1. The summed E-state index contributed by atoms with van der Waals surface area (Å²) in [6.45, 7) is 11.5. The summed E-state index contributed by atoms with van der Waals surface area (Å²) in [5.74, 6) is 1.70. The molecule has 0 saturated heterocycles. The standard InChI is InChI=1S/C16H30N2O2/c1-12(2)13-10-14(11-13)17-8-6-7-9-18-15(19)20-16(3,4)5/h6-7,12-14,17H,8-11H2,1-5H3,(H,18,19)/b7-6+. The van der Waals surface area contributed by atoms with Gasteiger partial charge in [-0.2, -0.15) is 0 Å². The van der Waals surface area contributed by atoms with E-state index < -0.39 is 5.60 Å². The first-order valence-corrected chi connectivity index (χ1v) is 7.63. The van der Waals surface area contributed by atoms with Crippen molar-refractivity contribution in [1.82, 2.24) is 10.6 Å². The number of rotatable bonds is 6. The minimum Gasteiger partial charge on any atom is -0.444 e. The molecule has 4 nitrogen and oxygen atoms in total. The number of amides is 1. The van der Waals surface area contributed by atoms with Crippen LogP contribution in [0.4, 0.5) is 4.79 Å². The third-order valence-corrected chi connectivity index (χ3v) is 3.57. The molecular formula is C16H30N2O2. The van der Waals surface area contributed by atoms with Gasteiger partial charge in [0.25, 0.3) is 0 Å². The maximum absolute atomic E-state index is 11.4. The Balaban J connectivity index is 2.00. The fourth-order valence-corrected chi connectivity index (χ4v) is 2.23. The molecule has 0 radical (unpaired) electrons. The molecule has 0 spiro atoms. The van der Waals surface area contributed by atoms with Crippen LogP contribution < -0.4 is 10.6 Å². The van der Waals surface area contributed by atoms with Crippen molar-refractivity contribution in [3.63, 3.8) is 0 Å². The van der Waals surface area contributed by atoms with E-state index in [9.17, 15) is 4.79 Å². The van der Waals surface area contributed by atoms with Crippen molar-refractivity contribution >= 4 is 6.09 Å². The van der Waals surface area contributed by atoms with E-state index in [-0.39, 0.29) is 6.09 Å². The smallest absolute Gasteiger partial charge is 0.407 e. The molecule has 0 atom stereocenters. The molecule has 0 bridgehead atoms. The van der Waals surface area contributed by atoms with Crippen LogP contribution in [0, 0.1) is 11.8 Å². The van der Waals surface area contributed by atoms with Crippen LogP contribution in [0.5, 0.6) is 0 Å². The van der Waals surface area contributed by atoms with Gasteiger partial charge in [-0.3, -0.25) is 0 Å². The highest BCUT2D eigenvalue weighted by Gasteiger charge is 2.30. The lowest BCUT2D eigenvalue weighted by molar-refractivity contribution is 0.0534. The molecule has 0 unspecified atom stereocenters. The van der Waals surface area contributed by atoms with E-state index in [1.807, 2.05) is 26.8 Å². The third-order valence-electron chi connectivity index (χ3n) is 3.57. The van der Waals surface area contributed by atoms with E-state index >= 15 is 0 Å². The minimum atomic E-state index is -0.438. The van der Waals surface area contributed by atoms with Gasteiger partial charge in [0.05, 0.1) is 0 Å². The summed E-state index contributed by atoms with van der Waals surface area (Å²) >= 11 is 0. The summed E-state index contributed by atoms with van der Waals surface area (Å²) in [5.41, 5.74) is -0.438. The van der Waals surface area contributed by atoms with Crippen LogP contribution in [0.15, 0.2) is 12.2 Å². The molecule has 1 rings (SSSR count). The monoisotopic (exact) mass is 282 g/mol. The van der Waals surface area contributed by atoms with Crippen LogP contribution in [0.3, 0.4) is 0 Å². The van der Waals surface area contributed by atoms with Crippen LogP contribution in [0.2, 0.25) is 0 Å². The Bertz CT molecular complexity index is 326. The van der Waals surface area contributed by atoms with Gasteiger partial charge in [-0.1, -0.05) is 26.0 Å². The normalized spacial score (nSPS) is 22.9. The number of nitrogens with one attached hydrogen (secondary N) is 2. The molecule has 0 aromatic heterocycles. The van der Waals surface area contributed by atoms with Gasteiger partial charge in [0.15, 0.2) is 0 Å². The van der Waals surface area contributed by atoms with E-state index in [4.69, 9.17) is 4.74 Å². The maximum Gasteiger partial charge on any atom is 0.407 e. The SMILES string of the molecule is CC(C)C1CC(NC/C=C/CNC(=O)OC(C)(C)C)C1. The van der Waals surface area contributed by atoms with Crippen molar-refractivity contribution in [1.29, 1.82) is 0 Å². The molecule has 1 saturated carbocycles. The lowest BCUT2D eigenvalue weighted by Gasteiger charge is -2.38. The summed E-state index contributed by atoms with van der Waals surface area (Å²) in [4.78, 5) is 11.4. The van der Waals surface area contributed by atoms with Gasteiger partial charge in [0, 0.05) is 19.1 Å². The number of carbonyl (C=O) groups excluding carboxylic acids is 1. The zero-order chi connectivity index (χ0) is 15.2. The largest absolute Gasteiger partial charge is 0.444 e. The van der Waals surface area contributed by atoms with Crippen LogP contribution in [0.1, 0.15) is 47.5 Å². The van der Waals surface area contributed by atoms with Crippen molar-refractivity contribution in [3.05, 3.63) is 12.2 Å². The Morgan fingerprint density at radius 3 is 2.40 bits per heavy atom. The number of hydrogen-bond acceptors (Lipinski definition) is 3. The molecular weight excluding hydrogens is 252 g/mol. The molecule has 2 N–H and O–H groups in total. The average molecular weight is 282 g/mol. The molecule has 20 heavy (non-hydrogen) atoms. The Hall–Kier alpha value is -1.03. The second kappa shape index (κ2) is 7.67. The summed E-state index contributed by atoms with van der Waals surface area (Å²) in [5, 5.41) is 6.20. The third kappa shape index (κ3) is 6.94. The first kappa shape index (κ1) is 17.0. The first-order chi connectivity index (χ1) is 9.28. The Morgan fingerprint density at radius 1 is 1.25 bits per heavy atom. The molecule has 1 aliphatic carbocycles. The van der Waals surface area contributed by atoms with E-state index in [2.05, 4.69) is 30.6 Å². The van der Waals surface area contributed by atoms with Gasteiger partial charge in [-0.25, -0.2) is 4.79 Å². The van der Waals surface area contributed by atoms with Crippen LogP contribution in [0.25, 0.3) is 0 Å². The lowest BCUT2D eigenvalue weighted by atomic mass is 9.74. The van der Waals surface area contributed by atoms with Gasteiger partial charge in [0.2, 0.25) is 0 Å². The molecule has 1 fully saturated rings. The highest BCUT2D eigenvalue weighted by molar-refractivity contribution is 5.67. The average Bonchev–Trinajstić information content (AvgIpc) is 2.21. The van der Waals surface area contributed by atoms with Gasteiger partial charge < -0.3 is 15.4 Å². The quantitative estimate of drug-likeness (QED) is 0.736. The van der Waals surface area contributed by atoms with Crippen LogP contribution >= 0.6 is 0 Å². The molecule has 0 aliphatic heterocycles. The van der Waals surface area contributed by atoms with Crippen molar-refractivity contribution in [2.45, 2.75) is 59.1 Å². The van der Waals surface area contributed by atoms with E-state index in [0.717, 1.165) is 18.4 Å². The van der Waals surface area contributed by atoms with Crippen molar-refractivity contribution < 1.29 is 9.53 Å². The second-order valence-corrected chi connectivity index (χ2v) is 6.93. The minimum absolute atomic E-state index is 0.367. The maximum atomic E-state index is 11.4. The highest BCUT2D eigenvalue weighted by Crippen LogP contribution is 2.33. The molecule has 0 aromatic rings. The Kier molecular flexibility index (Phi) is 6.53. The molecule has 1 amide bonds. The lowest BCUT2D eigenvalue weighted by Crippen LogP contribution is -2.43. The molecule has 116 valence electrons. The van der Waals surface area contributed by atoms with Gasteiger partial charge in [-0.05, 0) is 45.4 Å². The molecule has 1 aliphatic rings. The molecule has 4 heteroatoms. The second-order valence-electron chi connectivity index (χ2n) is 6.93. The number of alkyl carbamates (subject to hydrolysis) is 1. The summed E-state index contributed by atoms with van der Waals surface area (Å²) < 4.78 is 5.14. The molecule has 0 heterocycles. The fourth-order valence-electron chi connectivity index (χ4n) is 2.23. The number of hydrogen-bond donors (Lipinski definition) is 2. The van der Waals surface area contributed by atoms with Crippen LogP contribution in [-0.2, 0) is 4.74 Å². The van der Waals surface area contributed by atoms with E-state index in [0.29, 0.717) is 12.6 Å². The highest BCUT2D eigenvalue weighted by atomic mass is 16.6. The van der Waals surface area contributed by atoms with Crippen molar-refractivity contribution in [2.75, 3.05) is 13.1 Å². The first-order valence-electron chi connectivity index (χ1n) is 7.63. The van der Waals surface area contributed by atoms with Gasteiger partial charge in [-0.15, -0.1) is 0 Å². The molecule has 0 aromatic carbocycles. The zero-order valence-electron chi connectivity index (χ0n) is 13.5. The Morgan fingerprint density at radius 2 is 1.85 bits per heavy atom. The van der Waals surface area contributed by atoms with Crippen molar-refractivity contribution in [3.8, 4) is 0 Å². The van der Waals surface area contributed by atoms with Gasteiger partial charge in [0.1, 0.15) is 5.60 Å². The Labute approximate surface area is 123 Å². The van der Waals surface area contributed by atoms with Crippen LogP contribution in [-0.4, -0.2) is 30.8 Å². The predicted molar refractivity (Wildman–Crippen MR) is 82.7 cm³/mol.